The number of rotatable bonds is 6. The number of fused-ring (bicyclic) bond motifs is 1. The number of halogens is 1. The van der Waals surface area contributed by atoms with Crippen LogP contribution in [0, 0.1) is 6.92 Å². The highest BCUT2D eigenvalue weighted by molar-refractivity contribution is 6.32. The van der Waals surface area contributed by atoms with Gasteiger partial charge in [0.25, 0.3) is 0 Å². The van der Waals surface area contributed by atoms with E-state index in [9.17, 15) is 4.79 Å². The summed E-state index contributed by atoms with van der Waals surface area (Å²) in [7, 11) is 1.54. The molecule has 0 aliphatic carbocycles. The van der Waals surface area contributed by atoms with Gasteiger partial charge in [-0.1, -0.05) is 71.8 Å². The third-order valence-electron chi connectivity index (χ3n) is 5.64. The molecule has 0 aromatic heterocycles. The molecule has 35 heavy (non-hydrogen) atoms. The van der Waals surface area contributed by atoms with Crippen molar-refractivity contribution in [1.29, 1.82) is 0 Å². The van der Waals surface area contributed by atoms with Crippen molar-refractivity contribution in [2.24, 2.45) is 4.99 Å². The Hall–Kier alpha value is -4.09. The zero-order valence-electron chi connectivity index (χ0n) is 19.2. The number of carbonyl (C=O) groups excluding carboxylic acids is 1. The molecule has 0 spiro atoms. The second kappa shape index (κ2) is 9.65. The van der Waals surface area contributed by atoms with E-state index in [0.717, 1.165) is 27.5 Å². The Morgan fingerprint density at radius 1 is 0.971 bits per heavy atom. The number of benzene rings is 4. The maximum absolute atomic E-state index is 12.5. The fourth-order valence-corrected chi connectivity index (χ4v) is 4.21. The monoisotopic (exact) mass is 483 g/mol. The Bertz CT molecular complexity index is 1510. The van der Waals surface area contributed by atoms with Crippen LogP contribution in [0.3, 0.4) is 0 Å². The smallest absolute Gasteiger partial charge is 0.363 e. The summed E-state index contributed by atoms with van der Waals surface area (Å²) in [5.74, 6) is 0.639. The molecule has 0 N–H and O–H groups in total. The summed E-state index contributed by atoms with van der Waals surface area (Å²) >= 11 is 6.53. The van der Waals surface area contributed by atoms with Crippen molar-refractivity contribution in [2.45, 2.75) is 13.5 Å². The maximum atomic E-state index is 12.5. The lowest BCUT2D eigenvalue weighted by Gasteiger charge is -2.13. The number of aliphatic imine (C=N–C) groups is 1. The van der Waals surface area contributed by atoms with Crippen LogP contribution in [0.1, 0.15) is 22.3 Å². The first-order chi connectivity index (χ1) is 17.0. The van der Waals surface area contributed by atoms with Crippen LogP contribution in [0.2, 0.25) is 5.02 Å². The SMILES string of the molecule is COc1cc(/C=C2\N=C(c3ccc4ccccc4c3)OC2=O)cc(Cl)c1OCc1cccc(C)c1. The normalized spacial score (nSPS) is 14.2. The van der Waals surface area contributed by atoms with E-state index < -0.39 is 5.97 Å². The minimum Gasteiger partial charge on any atom is -0.493 e. The molecular weight excluding hydrogens is 462 g/mol. The summed E-state index contributed by atoms with van der Waals surface area (Å²) in [6.45, 7) is 2.38. The molecule has 4 aromatic carbocycles. The van der Waals surface area contributed by atoms with Gasteiger partial charge in [0.05, 0.1) is 12.1 Å². The number of methoxy groups -OCH3 is 1. The Kier molecular flexibility index (Phi) is 6.25. The standard InChI is InChI=1S/C29H22ClNO4/c1-18-6-5-7-19(12-18)17-34-27-24(30)13-20(15-26(27)33-2)14-25-29(32)35-28(31-25)23-11-10-21-8-3-4-9-22(21)16-23/h3-16H,17H2,1-2H3/b25-14-. The van der Waals surface area contributed by atoms with Crippen molar-refractivity contribution >= 4 is 40.3 Å². The molecule has 0 saturated heterocycles. The van der Waals surface area contributed by atoms with Gasteiger partial charge in [0.2, 0.25) is 5.90 Å². The molecule has 0 unspecified atom stereocenters. The highest BCUT2D eigenvalue weighted by atomic mass is 35.5. The largest absolute Gasteiger partial charge is 0.493 e. The molecule has 1 heterocycles. The minimum atomic E-state index is -0.525. The van der Waals surface area contributed by atoms with Crippen molar-refractivity contribution in [3.8, 4) is 11.5 Å². The van der Waals surface area contributed by atoms with E-state index >= 15 is 0 Å². The molecule has 1 aliphatic heterocycles. The lowest BCUT2D eigenvalue weighted by molar-refractivity contribution is -0.129. The summed E-state index contributed by atoms with van der Waals surface area (Å²) in [6, 6.07) is 25.3. The topological polar surface area (TPSA) is 57.1 Å². The van der Waals surface area contributed by atoms with E-state index in [1.807, 2.05) is 67.6 Å². The highest BCUT2D eigenvalue weighted by Gasteiger charge is 2.25. The molecule has 174 valence electrons. The summed E-state index contributed by atoms with van der Waals surface area (Å²) in [6.07, 6.45) is 1.62. The summed E-state index contributed by atoms with van der Waals surface area (Å²) in [5, 5.41) is 2.51. The van der Waals surface area contributed by atoms with Gasteiger partial charge in [-0.25, -0.2) is 9.79 Å². The molecule has 1 aliphatic rings. The molecule has 0 radical (unpaired) electrons. The molecule has 4 aromatic rings. The zero-order valence-corrected chi connectivity index (χ0v) is 20.0. The fraction of sp³-hybridized carbons (Fsp3) is 0.103. The van der Waals surface area contributed by atoms with Crippen LogP contribution in [0.4, 0.5) is 0 Å². The van der Waals surface area contributed by atoms with Crippen LogP contribution in [0.5, 0.6) is 11.5 Å². The van der Waals surface area contributed by atoms with E-state index in [4.69, 9.17) is 25.8 Å². The second-order valence-corrected chi connectivity index (χ2v) is 8.62. The van der Waals surface area contributed by atoms with Crippen molar-refractivity contribution in [2.75, 3.05) is 7.11 Å². The van der Waals surface area contributed by atoms with Crippen LogP contribution < -0.4 is 9.47 Å². The molecule has 5 rings (SSSR count). The predicted molar refractivity (Wildman–Crippen MR) is 138 cm³/mol. The van der Waals surface area contributed by atoms with E-state index in [1.54, 1.807) is 25.3 Å². The Morgan fingerprint density at radius 3 is 2.60 bits per heavy atom. The number of esters is 1. The molecule has 0 bridgehead atoms. The van der Waals surface area contributed by atoms with Crippen LogP contribution in [-0.4, -0.2) is 19.0 Å². The third kappa shape index (κ3) is 4.91. The van der Waals surface area contributed by atoms with Gasteiger partial charge in [-0.3, -0.25) is 0 Å². The van der Waals surface area contributed by atoms with Gasteiger partial charge < -0.3 is 14.2 Å². The Balaban J connectivity index is 1.41. The van der Waals surface area contributed by atoms with E-state index in [0.29, 0.717) is 28.7 Å². The number of nitrogens with zero attached hydrogens (tertiary/aromatic N) is 1. The van der Waals surface area contributed by atoms with Crippen LogP contribution >= 0.6 is 11.6 Å². The van der Waals surface area contributed by atoms with Gasteiger partial charge >= 0.3 is 5.97 Å². The molecule has 0 fully saturated rings. The zero-order chi connectivity index (χ0) is 24.4. The van der Waals surface area contributed by atoms with Gasteiger partial charge in [-0.15, -0.1) is 0 Å². The number of cyclic esters (lactones) is 1. The molecule has 0 atom stereocenters. The van der Waals surface area contributed by atoms with E-state index in [-0.39, 0.29) is 11.6 Å². The van der Waals surface area contributed by atoms with E-state index in [1.165, 1.54) is 0 Å². The van der Waals surface area contributed by atoms with E-state index in [2.05, 4.69) is 11.1 Å². The van der Waals surface area contributed by atoms with Gasteiger partial charge in [-0.2, -0.15) is 0 Å². The first-order valence-corrected chi connectivity index (χ1v) is 11.5. The lowest BCUT2D eigenvalue weighted by Crippen LogP contribution is -2.05. The number of aryl methyl sites for hydroxylation is 1. The Labute approximate surface area is 208 Å². The van der Waals surface area contributed by atoms with Crippen molar-refractivity contribution in [1.82, 2.24) is 0 Å². The second-order valence-electron chi connectivity index (χ2n) is 8.21. The quantitative estimate of drug-likeness (QED) is 0.225. The molecule has 6 heteroatoms. The minimum absolute atomic E-state index is 0.180. The summed E-state index contributed by atoms with van der Waals surface area (Å²) in [5.41, 5.74) is 3.73. The maximum Gasteiger partial charge on any atom is 0.363 e. The van der Waals surface area contributed by atoms with Crippen molar-refractivity contribution in [3.05, 3.63) is 112 Å². The number of hydrogen-bond donors (Lipinski definition) is 0. The Morgan fingerprint density at radius 2 is 1.80 bits per heavy atom. The van der Waals surface area contributed by atoms with Gasteiger partial charge in [0.1, 0.15) is 6.61 Å². The number of carbonyl (C=O) groups is 1. The predicted octanol–water partition coefficient (Wildman–Crippen LogP) is 6.73. The lowest BCUT2D eigenvalue weighted by atomic mass is 10.1. The van der Waals surface area contributed by atoms with Gasteiger partial charge in [0.15, 0.2) is 17.2 Å². The molecular formula is C29H22ClNO4. The average molecular weight is 484 g/mol. The third-order valence-corrected chi connectivity index (χ3v) is 5.92. The summed E-state index contributed by atoms with van der Waals surface area (Å²) in [4.78, 5) is 16.9. The first-order valence-electron chi connectivity index (χ1n) is 11.1. The van der Waals surface area contributed by atoms with Crippen molar-refractivity contribution in [3.63, 3.8) is 0 Å². The van der Waals surface area contributed by atoms with Crippen molar-refractivity contribution < 1.29 is 19.0 Å². The molecule has 0 amide bonds. The molecule has 5 nitrogen and oxygen atoms in total. The average Bonchev–Trinajstić information content (AvgIpc) is 3.22. The van der Waals surface area contributed by atoms with Crippen LogP contribution in [-0.2, 0) is 16.1 Å². The first kappa shape index (κ1) is 22.7. The van der Waals surface area contributed by atoms with Crippen LogP contribution in [0.25, 0.3) is 16.8 Å². The summed E-state index contributed by atoms with van der Waals surface area (Å²) < 4.78 is 16.9. The number of ether oxygens (including phenoxy) is 3. The van der Waals surface area contributed by atoms with Gasteiger partial charge in [0, 0.05) is 5.56 Å². The van der Waals surface area contributed by atoms with Crippen LogP contribution in [0.15, 0.2) is 89.6 Å². The number of hydrogen-bond acceptors (Lipinski definition) is 5. The fourth-order valence-electron chi connectivity index (χ4n) is 3.93. The van der Waals surface area contributed by atoms with Gasteiger partial charge in [-0.05, 0) is 59.2 Å². The molecule has 0 saturated carbocycles. The highest BCUT2D eigenvalue weighted by Crippen LogP contribution is 2.38.